The number of benzene rings is 2. The fourth-order valence-electron chi connectivity index (χ4n) is 2.77. The summed E-state index contributed by atoms with van der Waals surface area (Å²) in [5.41, 5.74) is 3.05. The van der Waals surface area contributed by atoms with Crippen LogP contribution in [0, 0.1) is 6.92 Å². The highest BCUT2D eigenvalue weighted by Gasteiger charge is 2.23. The summed E-state index contributed by atoms with van der Waals surface area (Å²) in [5.74, 6) is -0.337. The minimum absolute atomic E-state index is 0.280. The lowest BCUT2D eigenvalue weighted by Crippen LogP contribution is -2.23. The second-order valence-electron chi connectivity index (χ2n) is 6.04. The molecule has 0 bridgehead atoms. The quantitative estimate of drug-likeness (QED) is 0.711. The topological polar surface area (TPSA) is 73.2 Å². The monoisotopic (exact) mass is 351 g/mol. The number of fused-ring (bicyclic) bond motifs is 1. The molecule has 0 saturated carbocycles. The van der Waals surface area contributed by atoms with Crippen molar-refractivity contribution in [2.24, 2.45) is 0 Å². The van der Waals surface area contributed by atoms with Crippen molar-refractivity contribution in [3.63, 3.8) is 0 Å². The van der Waals surface area contributed by atoms with E-state index in [1.54, 1.807) is 30.5 Å². The number of aromatic nitrogens is 2. The fourth-order valence-corrected chi connectivity index (χ4v) is 2.77. The van der Waals surface area contributed by atoms with Gasteiger partial charge in [0.05, 0.1) is 17.6 Å². The number of hydrogen-bond acceptors (Lipinski definition) is 4. The summed E-state index contributed by atoms with van der Waals surface area (Å²) in [5, 5.41) is 2.82. The van der Waals surface area contributed by atoms with E-state index in [0.717, 1.165) is 11.1 Å². The molecule has 1 amide bonds. The Morgan fingerprint density at radius 2 is 1.85 bits per heavy atom. The summed E-state index contributed by atoms with van der Waals surface area (Å²) in [4.78, 5) is 29.3. The number of nitrogens with one attached hydrogen (secondary N) is 1. The summed E-state index contributed by atoms with van der Waals surface area (Å²) in [6.07, 6.45) is 0. The molecule has 6 nitrogen and oxygen atoms in total. The average Bonchev–Trinajstić information content (AvgIpc) is 2.99. The first kappa shape index (κ1) is 17.7. The van der Waals surface area contributed by atoms with E-state index >= 15 is 0 Å². The molecule has 0 aliphatic heterocycles. The number of imidazole rings is 1. The number of amides is 1. The SMILES string of the molecule is CCOC(=O)C(C)n1c(NC(=O)c2ccc(C)cc2)nc2ccccc21. The Morgan fingerprint density at radius 3 is 2.54 bits per heavy atom. The van der Waals surface area contributed by atoms with E-state index in [1.807, 2.05) is 43.3 Å². The number of esters is 1. The molecule has 0 aliphatic carbocycles. The van der Waals surface area contributed by atoms with Crippen LogP contribution in [0.25, 0.3) is 11.0 Å². The molecule has 1 aromatic heterocycles. The molecule has 1 heterocycles. The van der Waals surface area contributed by atoms with Crippen molar-refractivity contribution in [2.45, 2.75) is 26.8 Å². The molecule has 26 heavy (non-hydrogen) atoms. The van der Waals surface area contributed by atoms with Crippen LogP contribution in [0.4, 0.5) is 5.95 Å². The van der Waals surface area contributed by atoms with Gasteiger partial charge < -0.3 is 4.74 Å². The van der Waals surface area contributed by atoms with Crippen molar-refractivity contribution in [3.05, 3.63) is 59.7 Å². The zero-order chi connectivity index (χ0) is 18.7. The van der Waals surface area contributed by atoms with E-state index in [-0.39, 0.29) is 11.9 Å². The van der Waals surface area contributed by atoms with Crippen molar-refractivity contribution in [1.29, 1.82) is 0 Å². The molecule has 6 heteroatoms. The summed E-state index contributed by atoms with van der Waals surface area (Å²) in [6.45, 7) is 5.74. The molecular formula is C20H21N3O3. The third-order valence-electron chi connectivity index (χ3n) is 4.15. The largest absolute Gasteiger partial charge is 0.464 e. The number of nitrogens with zero attached hydrogens (tertiary/aromatic N) is 2. The summed E-state index contributed by atoms with van der Waals surface area (Å²) in [7, 11) is 0. The number of aryl methyl sites for hydroxylation is 1. The first-order valence-electron chi connectivity index (χ1n) is 8.53. The highest BCUT2D eigenvalue weighted by atomic mass is 16.5. The normalized spacial score (nSPS) is 12.0. The molecular weight excluding hydrogens is 330 g/mol. The van der Waals surface area contributed by atoms with Crippen LogP contribution in [-0.4, -0.2) is 28.0 Å². The predicted molar refractivity (Wildman–Crippen MR) is 100 cm³/mol. The van der Waals surface area contributed by atoms with Gasteiger partial charge in [-0.15, -0.1) is 0 Å². The Labute approximate surface area is 151 Å². The van der Waals surface area contributed by atoms with Crippen LogP contribution in [-0.2, 0) is 9.53 Å². The maximum atomic E-state index is 12.6. The minimum atomic E-state index is -0.615. The Hall–Kier alpha value is -3.15. The third-order valence-corrected chi connectivity index (χ3v) is 4.15. The summed E-state index contributed by atoms with van der Waals surface area (Å²) >= 11 is 0. The van der Waals surface area contributed by atoms with Crippen LogP contribution >= 0.6 is 0 Å². The van der Waals surface area contributed by atoms with Crippen LogP contribution < -0.4 is 5.32 Å². The third kappa shape index (κ3) is 3.44. The maximum Gasteiger partial charge on any atom is 0.328 e. The minimum Gasteiger partial charge on any atom is -0.464 e. The maximum absolute atomic E-state index is 12.6. The molecule has 1 N–H and O–H groups in total. The van der Waals surface area contributed by atoms with E-state index in [9.17, 15) is 9.59 Å². The average molecular weight is 351 g/mol. The molecule has 134 valence electrons. The Balaban J connectivity index is 1.99. The first-order valence-corrected chi connectivity index (χ1v) is 8.53. The Bertz CT molecular complexity index is 945. The number of carbonyl (C=O) groups excluding carboxylic acids is 2. The zero-order valence-electron chi connectivity index (χ0n) is 15.0. The van der Waals surface area contributed by atoms with Gasteiger partial charge >= 0.3 is 5.97 Å². The number of para-hydroxylation sites is 2. The Kier molecular flexibility index (Phi) is 5.02. The Morgan fingerprint density at radius 1 is 1.15 bits per heavy atom. The van der Waals surface area contributed by atoms with Gasteiger partial charge in [-0.2, -0.15) is 0 Å². The number of ether oxygens (including phenoxy) is 1. The van der Waals surface area contributed by atoms with E-state index in [2.05, 4.69) is 10.3 Å². The van der Waals surface area contributed by atoms with Gasteiger partial charge in [-0.3, -0.25) is 14.7 Å². The molecule has 0 fully saturated rings. The van der Waals surface area contributed by atoms with Gasteiger partial charge in [0.15, 0.2) is 0 Å². The highest BCUT2D eigenvalue weighted by molar-refractivity contribution is 6.04. The van der Waals surface area contributed by atoms with Crippen LogP contribution in [0.15, 0.2) is 48.5 Å². The van der Waals surface area contributed by atoms with Gasteiger partial charge in [0, 0.05) is 5.56 Å². The lowest BCUT2D eigenvalue weighted by molar-refractivity contribution is -0.146. The van der Waals surface area contributed by atoms with Gasteiger partial charge in [0.25, 0.3) is 5.91 Å². The standard InChI is InChI=1S/C20H21N3O3/c1-4-26-19(25)14(3)23-17-8-6-5-7-16(17)21-20(23)22-18(24)15-11-9-13(2)10-12-15/h5-12,14H,4H2,1-3H3,(H,21,22,24). The van der Waals surface area contributed by atoms with Gasteiger partial charge in [-0.1, -0.05) is 29.8 Å². The lowest BCUT2D eigenvalue weighted by atomic mass is 10.1. The van der Waals surface area contributed by atoms with Crippen molar-refractivity contribution in [3.8, 4) is 0 Å². The molecule has 2 aromatic carbocycles. The first-order chi connectivity index (χ1) is 12.5. The van der Waals surface area contributed by atoms with Gasteiger partial charge in [0.2, 0.25) is 5.95 Å². The van der Waals surface area contributed by atoms with Crippen LogP contribution in [0.1, 0.15) is 35.8 Å². The molecule has 1 atom stereocenters. The van der Waals surface area contributed by atoms with Crippen LogP contribution in [0.5, 0.6) is 0 Å². The van der Waals surface area contributed by atoms with Crippen molar-refractivity contribution < 1.29 is 14.3 Å². The highest BCUT2D eigenvalue weighted by Crippen LogP contribution is 2.25. The number of anilines is 1. The van der Waals surface area contributed by atoms with Gasteiger partial charge in [0.1, 0.15) is 6.04 Å². The van der Waals surface area contributed by atoms with Crippen LogP contribution in [0.3, 0.4) is 0 Å². The number of carbonyl (C=O) groups is 2. The molecule has 1 unspecified atom stereocenters. The summed E-state index contributed by atoms with van der Waals surface area (Å²) in [6, 6.07) is 14.1. The predicted octanol–water partition coefficient (Wildman–Crippen LogP) is 3.72. The summed E-state index contributed by atoms with van der Waals surface area (Å²) < 4.78 is 6.83. The second kappa shape index (κ2) is 7.39. The van der Waals surface area contributed by atoms with Crippen LogP contribution in [0.2, 0.25) is 0 Å². The molecule has 0 spiro atoms. The molecule has 0 aliphatic rings. The molecule has 0 saturated heterocycles. The molecule has 3 aromatic rings. The smallest absolute Gasteiger partial charge is 0.328 e. The van der Waals surface area contributed by atoms with Crippen molar-refractivity contribution >= 4 is 28.9 Å². The van der Waals surface area contributed by atoms with Crippen molar-refractivity contribution in [1.82, 2.24) is 9.55 Å². The van der Waals surface area contributed by atoms with Gasteiger partial charge in [-0.05, 0) is 45.0 Å². The van der Waals surface area contributed by atoms with E-state index in [1.165, 1.54) is 0 Å². The second-order valence-corrected chi connectivity index (χ2v) is 6.04. The zero-order valence-corrected chi connectivity index (χ0v) is 15.0. The number of hydrogen-bond donors (Lipinski definition) is 1. The van der Waals surface area contributed by atoms with Crippen molar-refractivity contribution in [2.75, 3.05) is 11.9 Å². The van der Waals surface area contributed by atoms with Gasteiger partial charge in [-0.25, -0.2) is 9.78 Å². The van der Waals surface area contributed by atoms with E-state index < -0.39 is 6.04 Å². The van der Waals surface area contributed by atoms with E-state index in [4.69, 9.17) is 4.74 Å². The lowest BCUT2D eigenvalue weighted by Gasteiger charge is -2.16. The number of rotatable bonds is 5. The molecule has 3 rings (SSSR count). The fraction of sp³-hybridized carbons (Fsp3) is 0.250. The van der Waals surface area contributed by atoms with E-state index in [0.29, 0.717) is 23.6 Å². The molecule has 0 radical (unpaired) electrons.